The van der Waals surface area contributed by atoms with Gasteiger partial charge in [-0.15, -0.1) is 0 Å². The van der Waals surface area contributed by atoms with Gasteiger partial charge in [-0.2, -0.15) is 4.73 Å². The summed E-state index contributed by atoms with van der Waals surface area (Å²) in [5.74, 6) is -0.587. The van der Waals surface area contributed by atoms with Gasteiger partial charge in [-0.25, -0.2) is 4.39 Å². The number of aromatic nitrogens is 1. The van der Waals surface area contributed by atoms with E-state index in [1.54, 1.807) is 24.3 Å². The van der Waals surface area contributed by atoms with Crippen LogP contribution in [0.5, 0.6) is 0 Å². The van der Waals surface area contributed by atoms with Crippen LogP contribution in [0.4, 0.5) is 10.1 Å². The van der Waals surface area contributed by atoms with Gasteiger partial charge >= 0.3 is 5.91 Å². The van der Waals surface area contributed by atoms with Crippen molar-refractivity contribution in [3.8, 4) is 0 Å². The Bertz CT molecular complexity index is 715. The van der Waals surface area contributed by atoms with E-state index in [4.69, 9.17) is 0 Å². The van der Waals surface area contributed by atoms with E-state index in [1.807, 2.05) is 0 Å². The summed E-state index contributed by atoms with van der Waals surface area (Å²) in [7, 11) is 0. The molecule has 1 aliphatic rings. The van der Waals surface area contributed by atoms with Crippen LogP contribution < -0.4 is 14.9 Å². The Morgan fingerprint density at radius 3 is 2.52 bits per heavy atom. The molecule has 25 heavy (non-hydrogen) atoms. The fraction of sp³-hybridized carbons (Fsp3) is 0.333. The highest BCUT2D eigenvalue weighted by atomic mass is 19.1. The minimum atomic E-state index is -0.361. The summed E-state index contributed by atoms with van der Waals surface area (Å²) in [6.07, 6.45) is 1.31. The van der Waals surface area contributed by atoms with E-state index in [1.165, 1.54) is 24.4 Å². The molecule has 0 radical (unpaired) electrons. The summed E-state index contributed by atoms with van der Waals surface area (Å²) in [5, 5.41) is 14.3. The molecule has 1 aliphatic heterocycles. The fourth-order valence-electron chi connectivity index (χ4n) is 2.90. The van der Waals surface area contributed by atoms with Crippen molar-refractivity contribution in [1.29, 1.82) is 0 Å². The molecule has 6 nitrogen and oxygen atoms in total. The first kappa shape index (κ1) is 17.2. The van der Waals surface area contributed by atoms with E-state index >= 15 is 0 Å². The molecule has 1 fully saturated rings. The first-order valence-electron chi connectivity index (χ1n) is 8.33. The van der Waals surface area contributed by atoms with Crippen LogP contribution in [0.3, 0.4) is 0 Å². The van der Waals surface area contributed by atoms with Crippen LogP contribution in [0.25, 0.3) is 0 Å². The molecule has 0 saturated carbocycles. The Kier molecular flexibility index (Phi) is 5.45. The Labute approximate surface area is 146 Å². The van der Waals surface area contributed by atoms with Gasteiger partial charge in [0, 0.05) is 57.1 Å². The van der Waals surface area contributed by atoms with Crippen LogP contribution >= 0.6 is 0 Å². The summed E-state index contributed by atoms with van der Waals surface area (Å²) in [6, 6.07) is 11.3. The second kappa shape index (κ2) is 7.94. The molecule has 2 heterocycles. The van der Waals surface area contributed by atoms with E-state index in [2.05, 4.69) is 15.1 Å². The molecule has 1 saturated heterocycles. The highest BCUT2D eigenvalue weighted by Crippen LogP contribution is 2.16. The molecule has 132 valence electrons. The lowest BCUT2D eigenvalue weighted by molar-refractivity contribution is -0.607. The van der Waals surface area contributed by atoms with E-state index in [0.29, 0.717) is 11.3 Å². The van der Waals surface area contributed by atoms with Gasteiger partial charge in [0.2, 0.25) is 0 Å². The molecule has 1 aromatic heterocycles. The third-order valence-electron chi connectivity index (χ3n) is 4.33. The maximum atomic E-state index is 13.0. The van der Waals surface area contributed by atoms with Crippen molar-refractivity contribution < 1.29 is 13.9 Å². The fourth-order valence-corrected chi connectivity index (χ4v) is 2.90. The molecule has 2 aromatic rings. The average molecular weight is 344 g/mol. The van der Waals surface area contributed by atoms with Crippen molar-refractivity contribution in [3.05, 3.63) is 65.4 Å². The third-order valence-corrected chi connectivity index (χ3v) is 4.33. The summed E-state index contributed by atoms with van der Waals surface area (Å²) < 4.78 is 13.6. The second-order valence-corrected chi connectivity index (χ2v) is 5.97. The van der Waals surface area contributed by atoms with Crippen molar-refractivity contribution >= 4 is 11.6 Å². The molecule has 0 unspecified atom stereocenters. The molecule has 3 rings (SSSR count). The number of nitrogens with one attached hydrogen (secondary N) is 1. The lowest BCUT2D eigenvalue weighted by Gasteiger charge is -2.36. The number of nitrogens with zero attached hydrogens (tertiary/aromatic N) is 3. The van der Waals surface area contributed by atoms with Gasteiger partial charge in [-0.1, -0.05) is 0 Å². The Morgan fingerprint density at radius 1 is 1.12 bits per heavy atom. The van der Waals surface area contributed by atoms with Gasteiger partial charge in [0.1, 0.15) is 5.82 Å². The number of carbonyl (C=O) groups excluding carboxylic acids is 1. The van der Waals surface area contributed by atoms with E-state index in [9.17, 15) is 14.4 Å². The number of benzene rings is 1. The number of anilines is 1. The van der Waals surface area contributed by atoms with Crippen LogP contribution in [0, 0.1) is 11.0 Å². The number of hydrogen-bond acceptors (Lipinski definition) is 4. The molecule has 7 heteroatoms. The Morgan fingerprint density at radius 2 is 1.84 bits per heavy atom. The van der Waals surface area contributed by atoms with E-state index in [-0.39, 0.29) is 17.4 Å². The molecule has 1 N–H and O–H groups in total. The zero-order valence-electron chi connectivity index (χ0n) is 13.9. The third kappa shape index (κ3) is 4.45. The largest absolute Gasteiger partial charge is 0.618 e. The number of amides is 1. The molecule has 0 spiro atoms. The van der Waals surface area contributed by atoms with E-state index in [0.717, 1.165) is 38.4 Å². The summed E-state index contributed by atoms with van der Waals surface area (Å²) in [4.78, 5) is 16.5. The minimum absolute atomic E-state index is 0.101. The van der Waals surface area contributed by atoms with Crippen LogP contribution in [-0.2, 0) is 0 Å². The summed E-state index contributed by atoms with van der Waals surface area (Å²) >= 11 is 0. The number of hydrogen-bond donors (Lipinski definition) is 1. The lowest BCUT2D eigenvalue weighted by Crippen LogP contribution is -2.49. The first-order valence-corrected chi connectivity index (χ1v) is 8.33. The summed E-state index contributed by atoms with van der Waals surface area (Å²) in [5.41, 5.74) is 1.13. The van der Waals surface area contributed by atoms with Gasteiger partial charge < -0.3 is 15.4 Å². The molecule has 1 aromatic carbocycles. The summed E-state index contributed by atoms with van der Waals surface area (Å²) in [6.45, 7) is 4.69. The smallest absolute Gasteiger partial charge is 0.317 e. The van der Waals surface area contributed by atoms with Crippen molar-refractivity contribution in [3.63, 3.8) is 0 Å². The maximum absolute atomic E-state index is 13.0. The zero-order chi connectivity index (χ0) is 17.6. The predicted molar refractivity (Wildman–Crippen MR) is 92.8 cm³/mol. The van der Waals surface area contributed by atoms with Gasteiger partial charge in [0.05, 0.1) is 0 Å². The molecular formula is C18H21FN4O2. The standard InChI is InChI=1S/C18H21FN4O2/c19-15-4-6-16(7-5-15)22-13-11-21(12-14-22)10-8-20-18(24)17-3-1-2-9-23(17)25/h1-7,9H,8,10-14H2,(H,20,24). The van der Waals surface area contributed by atoms with Crippen molar-refractivity contribution in [2.45, 2.75) is 0 Å². The number of halogens is 1. The molecule has 0 bridgehead atoms. The van der Waals surface area contributed by atoms with Crippen molar-refractivity contribution in [1.82, 2.24) is 10.2 Å². The lowest BCUT2D eigenvalue weighted by atomic mass is 10.2. The van der Waals surface area contributed by atoms with Crippen LogP contribution in [0.15, 0.2) is 48.7 Å². The predicted octanol–water partition coefficient (Wildman–Crippen LogP) is 1.01. The number of carbonyl (C=O) groups is 1. The number of rotatable bonds is 5. The number of pyridine rings is 1. The normalized spacial score (nSPS) is 15.2. The molecular weight excluding hydrogens is 323 g/mol. The zero-order valence-corrected chi connectivity index (χ0v) is 13.9. The van der Waals surface area contributed by atoms with Gasteiger partial charge in [-0.3, -0.25) is 9.69 Å². The van der Waals surface area contributed by atoms with Gasteiger partial charge in [0.25, 0.3) is 5.69 Å². The van der Waals surface area contributed by atoms with Crippen LogP contribution in [0.1, 0.15) is 10.5 Å². The average Bonchev–Trinajstić information content (AvgIpc) is 2.63. The molecule has 1 amide bonds. The SMILES string of the molecule is O=C(NCCN1CCN(c2ccc(F)cc2)CC1)c1cccc[n+]1[O-]. The first-order chi connectivity index (χ1) is 12.1. The Hall–Kier alpha value is -2.67. The van der Waals surface area contributed by atoms with Crippen LogP contribution in [-0.4, -0.2) is 50.1 Å². The molecule has 0 aliphatic carbocycles. The maximum Gasteiger partial charge on any atom is 0.317 e. The van der Waals surface area contributed by atoms with Crippen LogP contribution in [0.2, 0.25) is 0 Å². The quantitative estimate of drug-likeness (QED) is 0.650. The monoisotopic (exact) mass is 344 g/mol. The molecule has 0 atom stereocenters. The second-order valence-electron chi connectivity index (χ2n) is 5.97. The number of piperazine rings is 1. The van der Waals surface area contributed by atoms with Crippen molar-refractivity contribution in [2.75, 3.05) is 44.2 Å². The minimum Gasteiger partial charge on any atom is -0.618 e. The van der Waals surface area contributed by atoms with Crippen molar-refractivity contribution in [2.24, 2.45) is 0 Å². The van der Waals surface area contributed by atoms with Gasteiger partial charge in [0.15, 0.2) is 6.20 Å². The van der Waals surface area contributed by atoms with Gasteiger partial charge in [-0.05, 0) is 30.3 Å². The Balaban J connectivity index is 1.41. The highest BCUT2D eigenvalue weighted by molar-refractivity contribution is 5.90. The van der Waals surface area contributed by atoms with E-state index < -0.39 is 0 Å². The highest BCUT2D eigenvalue weighted by Gasteiger charge is 2.18. The topological polar surface area (TPSA) is 62.5 Å².